The number of hydrogen-bond acceptors (Lipinski definition) is 5. The summed E-state index contributed by atoms with van der Waals surface area (Å²) in [6, 6.07) is 5.03. The quantitative estimate of drug-likeness (QED) is 0.613. The highest BCUT2D eigenvalue weighted by Crippen LogP contribution is 2.16. The number of carbonyl (C=O) groups is 2. The Kier molecular flexibility index (Phi) is 7.98. The van der Waals surface area contributed by atoms with Crippen molar-refractivity contribution in [3.05, 3.63) is 39.9 Å². The van der Waals surface area contributed by atoms with E-state index in [1.807, 2.05) is 13.8 Å². The lowest BCUT2D eigenvalue weighted by Crippen LogP contribution is -2.55. The molecule has 0 aliphatic carbocycles. The molecule has 2 atom stereocenters. The molecule has 1 heterocycles. The van der Waals surface area contributed by atoms with E-state index in [9.17, 15) is 19.7 Å². The van der Waals surface area contributed by atoms with Gasteiger partial charge in [-0.05, 0) is 18.1 Å². The molecule has 2 amide bonds. The normalized spacial score (nSPS) is 16.4. The minimum absolute atomic E-state index is 0. The van der Waals surface area contributed by atoms with E-state index in [0.717, 1.165) is 6.42 Å². The highest BCUT2D eigenvalue weighted by Gasteiger charge is 2.29. The molecule has 1 aromatic rings. The van der Waals surface area contributed by atoms with Gasteiger partial charge in [0.25, 0.3) is 11.6 Å². The summed E-state index contributed by atoms with van der Waals surface area (Å²) in [5, 5.41) is 10.7. The van der Waals surface area contributed by atoms with Gasteiger partial charge in [0.2, 0.25) is 5.91 Å². The first kappa shape index (κ1) is 21.9. The largest absolute Gasteiger partial charge is 0.338 e. The van der Waals surface area contributed by atoms with Gasteiger partial charge in [-0.2, -0.15) is 0 Å². The zero-order chi connectivity index (χ0) is 18.6. The SMILES string of the molecule is CCC(C)C(N)C(=O)N1CCN(C(=O)c2ccc([N+](=O)[O-])cc2)CC1.Cl. The molecule has 8 nitrogen and oxygen atoms in total. The Balaban J connectivity index is 0.00000338. The summed E-state index contributed by atoms with van der Waals surface area (Å²) >= 11 is 0. The van der Waals surface area contributed by atoms with E-state index in [1.165, 1.54) is 24.3 Å². The maximum Gasteiger partial charge on any atom is 0.269 e. The minimum atomic E-state index is -0.512. The van der Waals surface area contributed by atoms with Crippen LogP contribution in [0, 0.1) is 16.0 Å². The molecule has 1 saturated heterocycles. The molecule has 144 valence electrons. The van der Waals surface area contributed by atoms with Crippen LogP contribution in [-0.2, 0) is 4.79 Å². The lowest BCUT2D eigenvalue weighted by atomic mass is 9.98. The van der Waals surface area contributed by atoms with Crippen LogP contribution in [0.3, 0.4) is 0 Å². The van der Waals surface area contributed by atoms with Gasteiger partial charge in [-0.25, -0.2) is 0 Å². The molecular weight excluding hydrogens is 360 g/mol. The fourth-order valence-electron chi connectivity index (χ4n) is 2.75. The molecule has 1 aromatic carbocycles. The topological polar surface area (TPSA) is 110 Å². The third-order valence-electron chi connectivity index (χ3n) is 4.75. The van der Waals surface area contributed by atoms with Crippen LogP contribution in [0.1, 0.15) is 30.6 Å². The standard InChI is InChI=1S/C17H24N4O4.ClH/c1-3-12(2)15(18)17(23)20-10-8-19(9-11-20)16(22)13-4-6-14(7-5-13)21(24)25;/h4-7,12,15H,3,8-11,18H2,1-2H3;1H. The summed E-state index contributed by atoms with van der Waals surface area (Å²) in [4.78, 5) is 38.4. The number of nitro benzene ring substituents is 1. The summed E-state index contributed by atoms with van der Waals surface area (Å²) in [7, 11) is 0. The number of halogens is 1. The van der Waals surface area contributed by atoms with Crippen LogP contribution in [0.5, 0.6) is 0 Å². The van der Waals surface area contributed by atoms with Crippen molar-refractivity contribution in [3.8, 4) is 0 Å². The summed E-state index contributed by atoms with van der Waals surface area (Å²) < 4.78 is 0. The fourth-order valence-corrected chi connectivity index (χ4v) is 2.75. The van der Waals surface area contributed by atoms with Crippen LogP contribution in [0.2, 0.25) is 0 Å². The van der Waals surface area contributed by atoms with Crippen LogP contribution in [0.4, 0.5) is 5.69 Å². The van der Waals surface area contributed by atoms with Gasteiger partial charge in [0.1, 0.15) is 0 Å². The molecule has 0 bridgehead atoms. The second kappa shape index (κ2) is 9.49. The highest BCUT2D eigenvalue weighted by atomic mass is 35.5. The first-order valence-electron chi connectivity index (χ1n) is 8.43. The van der Waals surface area contributed by atoms with E-state index in [2.05, 4.69) is 0 Å². The molecule has 1 aliphatic rings. The maximum absolute atomic E-state index is 12.5. The Morgan fingerprint density at radius 2 is 1.65 bits per heavy atom. The number of hydrogen-bond donors (Lipinski definition) is 1. The molecule has 1 aliphatic heterocycles. The van der Waals surface area contributed by atoms with Gasteiger partial charge < -0.3 is 15.5 Å². The number of piperazine rings is 1. The first-order valence-corrected chi connectivity index (χ1v) is 8.43. The molecule has 9 heteroatoms. The van der Waals surface area contributed by atoms with Crippen molar-refractivity contribution in [3.63, 3.8) is 0 Å². The number of rotatable bonds is 5. The van der Waals surface area contributed by atoms with E-state index < -0.39 is 11.0 Å². The molecule has 0 spiro atoms. The van der Waals surface area contributed by atoms with Crippen LogP contribution >= 0.6 is 12.4 Å². The average molecular weight is 385 g/mol. The second-order valence-electron chi connectivity index (χ2n) is 6.33. The van der Waals surface area contributed by atoms with Gasteiger partial charge in [0, 0.05) is 43.9 Å². The van der Waals surface area contributed by atoms with Gasteiger partial charge in [-0.3, -0.25) is 19.7 Å². The number of carbonyl (C=O) groups excluding carboxylic acids is 2. The third-order valence-corrected chi connectivity index (χ3v) is 4.75. The number of non-ortho nitro benzene ring substituents is 1. The molecule has 0 saturated carbocycles. The van der Waals surface area contributed by atoms with Crippen molar-refractivity contribution in [1.82, 2.24) is 9.80 Å². The Morgan fingerprint density at radius 3 is 2.12 bits per heavy atom. The van der Waals surface area contributed by atoms with E-state index in [0.29, 0.717) is 31.7 Å². The van der Waals surface area contributed by atoms with Crippen LogP contribution in [0.25, 0.3) is 0 Å². The van der Waals surface area contributed by atoms with E-state index in [4.69, 9.17) is 5.73 Å². The van der Waals surface area contributed by atoms with Gasteiger partial charge in [0.05, 0.1) is 11.0 Å². The molecule has 0 radical (unpaired) electrons. The van der Waals surface area contributed by atoms with Crippen LogP contribution in [0.15, 0.2) is 24.3 Å². The minimum Gasteiger partial charge on any atom is -0.338 e. The summed E-state index contributed by atoms with van der Waals surface area (Å²) in [5.41, 5.74) is 6.35. The van der Waals surface area contributed by atoms with E-state index >= 15 is 0 Å². The van der Waals surface area contributed by atoms with Crippen molar-refractivity contribution in [1.29, 1.82) is 0 Å². The van der Waals surface area contributed by atoms with E-state index in [1.54, 1.807) is 9.80 Å². The zero-order valence-electron chi connectivity index (χ0n) is 15.0. The number of benzene rings is 1. The highest BCUT2D eigenvalue weighted by molar-refractivity contribution is 5.94. The fraction of sp³-hybridized carbons (Fsp3) is 0.529. The third kappa shape index (κ3) is 4.92. The Bertz CT molecular complexity index is 645. The molecule has 26 heavy (non-hydrogen) atoms. The molecule has 2 N–H and O–H groups in total. The van der Waals surface area contributed by atoms with Gasteiger partial charge in [-0.15, -0.1) is 12.4 Å². The van der Waals surface area contributed by atoms with Crippen molar-refractivity contribution >= 4 is 29.9 Å². The van der Waals surface area contributed by atoms with E-state index in [-0.39, 0.29) is 35.8 Å². The van der Waals surface area contributed by atoms with Crippen molar-refractivity contribution in [2.75, 3.05) is 26.2 Å². The van der Waals surface area contributed by atoms with Crippen LogP contribution in [-0.4, -0.2) is 58.8 Å². The Labute approximate surface area is 158 Å². The summed E-state index contributed by atoms with van der Waals surface area (Å²) in [6.45, 7) is 5.70. The van der Waals surface area contributed by atoms with Gasteiger partial charge in [-0.1, -0.05) is 20.3 Å². The lowest BCUT2D eigenvalue weighted by Gasteiger charge is -2.36. The second-order valence-corrected chi connectivity index (χ2v) is 6.33. The molecular formula is C17H25ClN4O4. The summed E-state index contributed by atoms with van der Waals surface area (Å²) in [6.07, 6.45) is 0.839. The van der Waals surface area contributed by atoms with Crippen LogP contribution < -0.4 is 5.73 Å². The predicted molar refractivity (Wildman–Crippen MR) is 100 cm³/mol. The lowest BCUT2D eigenvalue weighted by molar-refractivity contribution is -0.384. The van der Waals surface area contributed by atoms with Gasteiger partial charge in [0.15, 0.2) is 0 Å². The molecule has 0 aromatic heterocycles. The molecule has 1 fully saturated rings. The first-order chi connectivity index (χ1) is 11.8. The van der Waals surface area contributed by atoms with Crippen molar-refractivity contribution < 1.29 is 14.5 Å². The maximum atomic E-state index is 12.5. The number of nitro groups is 1. The Hall–Kier alpha value is -2.19. The smallest absolute Gasteiger partial charge is 0.269 e. The summed E-state index contributed by atoms with van der Waals surface area (Å²) in [5.74, 6) is -0.141. The average Bonchev–Trinajstić information content (AvgIpc) is 2.65. The number of nitrogens with zero attached hydrogens (tertiary/aromatic N) is 3. The zero-order valence-corrected chi connectivity index (χ0v) is 15.8. The van der Waals surface area contributed by atoms with Gasteiger partial charge >= 0.3 is 0 Å². The molecule has 2 unspecified atom stereocenters. The predicted octanol–water partition coefficient (Wildman–Crippen LogP) is 1.67. The Morgan fingerprint density at radius 1 is 1.15 bits per heavy atom. The van der Waals surface area contributed by atoms with Crippen molar-refractivity contribution in [2.24, 2.45) is 11.7 Å². The number of amides is 2. The number of nitrogens with two attached hydrogens (primary N) is 1. The monoisotopic (exact) mass is 384 g/mol. The van der Waals surface area contributed by atoms with Crippen molar-refractivity contribution in [2.45, 2.75) is 26.3 Å². The molecule has 2 rings (SSSR count).